The number of rotatable bonds is 4. The summed E-state index contributed by atoms with van der Waals surface area (Å²) in [6, 6.07) is 5.84. The average Bonchev–Trinajstić information content (AvgIpc) is 2.58. The van der Waals surface area contributed by atoms with Crippen LogP contribution in [0, 0.1) is 0 Å². The van der Waals surface area contributed by atoms with Gasteiger partial charge in [0.15, 0.2) is 9.84 Å². The van der Waals surface area contributed by atoms with Gasteiger partial charge in [-0.25, -0.2) is 13.4 Å². The summed E-state index contributed by atoms with van der Waals surface area (Å²) in [5.41, 5.74) is 0. The topological polar surface area (TPSA) is 62.3 Å². The summed E-state index contributed by atoms with van der Waals surface area (Å²) in [6.45, 7) is 4.29. The summed E-state index contributed by atoms with van der Waals surface area (Å²) in [6.07, 6.45) is 1.73. The zero-order valence-electron chi connectivity index (χ0n) is 11.3. The molecule has 5 nitrogen and oxygen atoms in total. The summed E-state index contributed by atoms with van der Waals surface area (Å²) < 4.78 is 23.2. The van der Waals surface area contributed by atoms with E-state index in [-0.39, 0.29) is 11.5 Å². The third-order valence-corrected chi connectivity index (χ3v) is 4.89. The molecule has 19 heavy (non-hydrogen) atoms. The highest BCUT2D eigenvalue weighted by atomic mass is 32.2. The molecule has 6 heteroatoms. The second-order valence-corrected chi connectivity index (χ2v) is 7.10. The van der Waals surface area contributed by atoms with E-state index >= 15 is 0 Å². The molecule has 0 aliphatic carbocycles. The van der Waals surface area contributed by atoms with Crippen LogP contribution in [0.4, 0.5) is 11.6 Å². The van der Waals surface area contributed by atoms with Crippen LogP contribution in [-0.4, -0.2) is 44.5 Å². The van der Waals surface area contributed by atoms with E-state index in [1.165, 1.54) is 0 Å². The fourth-order valence-corrected chi connectivity index (χ4v) is 3.39. The average molecular weight is 283 g/mol. The quantitative estimate of drug-likeness (QED) is 0.908. The maximum absolute atomic E-state index is 11.6. The van der Waals surface area contributed by atoms with Crippen molar-refractivity contribution >= 4 is 21.5 Å². The van der Waals surface area contributed by atoms with Gasteiger partial charge in [-0.15, -0.1) is 0 Å². The molecule has 2 heterocycles. The van der Waals surface area contributed by atoms with Crippen LogP contribution in [-0.2, 0) is 9.84 Å². The van der Waals surface area contributed by atoms with Crippen molar-refractivity contribution in [3.05, 3.63) is 18.2 Å². The van der Waals surface area contributed by atoms with Crippen molar-refractivity contribution in [2.24, 2.45) is 0 Å². The number of sulfone groups is 1. The van der Waals surface area contributed by atoms with E-state index in [2.05, 4.69) is 22.1 Å². The normalized spacial score (nSPS) is 18.9. The van der Waals surface area contributed by atoms with Crippen molar-refractivity contribution in [1.82, 2.24) is 4.98 Å². The van der Waals surface area contributed by atoms with Crippen molar-refractivity contribution in [2.75, 3.05) is 41.4 Å². The predicted molar refractivity (Wildman–Crippen MR) is 78.5 cm³/mol. The van der Waals surface area contributed by atoms with Gasteiger partial charge in [0.2, 0.25) is 0 Å². The molecule has 0 unspecified atom stereocenters. The Morgan fingerprint density at radius 2 is 2.16 bits per heavy atom. The van der Waals surface area contributed by atoms with E-state index in [0.29, 0.717) is 13.0 Å². The first-order valence-corrected chi connectivity index (χ1v) is 8.59. The molecule has 1 fully saturated rings. The molecule has 106 valence electrons. The van der Waals surface area contributed by atoms with Crippen LogP contribution in [0.2, 0.25) is 0 Å². The van der Waals surface area contributed by atoms with Crippen molar-refractivity contribution in [3.63, 3.8) is 0 Å². The van der Waals surface area contributed by atoms with Gasteiger partial charge in [-0.1, -0.05) is 13.0 Å². The molecule has 2 rings (SSSR count). The lowest BCUT2D eigenvalue weighted by atomic mass is 10.3. The second-order valence-electron chi connectivity index (χ2n) is 4.80. The molecule has 1 N–H and O–H groups in total. The Morgan fingerprint density at radius 3 is 2.95 bits per heavy atom. The van der Waals surface area contributed by atoms with Crippen LogP contribution in [0.25, 0.3) is 0 Å². The second kappa shape index (κ2) is 6.23. The van der Waals surface area contributed by atoms with E-state index in [1.54, 1.807) is 0 Å². The molecule has 0 aromatic carbocycles. The lowest BCUT2D eigenvalue weighted by Crippen LogP contribution is -2.27. The maximum atomic E-state index is 11.6. The summed E-state index contributed by atoms with van der Waals surface area (Å²) in [7, 11) is -2.87. The van der Waals surface area contributed by atoms with Gasteiger partial charge in [-0.2, -0.15) is 0 Å². The van der Waals surface area contributed by atoms with E-state index in [0.717, 1.165) is 31.1 Å². The van der Waals surface area contributed by atoms with E-state index in [9.17, 15) is 8.42 Å². The highest BCUT2D eigenvalue weighted by Crippen LogP contribution is 2.17. The molecule has 0 amide bonds. The predicted octanol–water partition coefficient (Wildman–Crippen LogP) is 1.53. The van der Waals surface area contributed by atoms with Crippen LogP contribution in [0.3, 0.4) is 0 Å². The number of pyridine rings is 1. The number of nitrogens with one attached hydrogen (secondary N) is 1. The van der Waals surface area contributed by atoms with Gasteiger partial charge in [-0.3, -0.25) is 0 Å². The zero-order chi connectivity index (χ0) is 13.7. The first-order valence-electron chi connectivity index (χ1n) is 6.77. The van der Waals surface area contributed by atoms with Crippen molar-refractivity contribution < 1.29 is 8.42 Å². The highest BCUT2D eigenvalue weighted by molar-refractivity contribution is 7.91. The SMILES string of the molecule is CCCNc1cccc(N2CCCS(=O)(=O)CC2)n1. The molecule has 1 saturated heterocycles. The number of hydrogen-bond donors (Lipinski definition) is 1. The minimum atomic E-state index is -2.87. The molecular weight excluding hydrogens is 262 g/mol. The number of nitrogens with zero attached hydrogens (tertiary/aromatic N) is 2. The van der Waals surface area contributed by atoms with Gasteiger partial charge in [0.25, 0.3) is 0 Å². The lowest BCUT2D eigenvalue weighted by Gasteiger charge is -2.21. The van der Waals surface area contributed by atoms with Crippen molar-refractivity contribution in [2.45, 2.75) is 19.8 Å². The third kappa shape index (κ3) is 4.09. The Kier molecular flexibility index (Phi) is 4.63. The lowest BCUT2D eigenvalue weighted by molar-refractivity contribution is 0.597. The molecule has 1 aromatic heterocycles. The van der Waals surface area contributed by atoms with Crippen LogP contribution in [0.15, 0.2) is 18.2 Å². The zero-order valence-corrected chi connectivity index (χ0v) is 12.1. The van der Waals surface area contributed by atoms with Gasteiger partial charge in [0.1, 0.15) is 11.6 Å². The standard InChI is InChI=1S/C13H21N3O2S/c1-2-7-14-12-5-3-6-13(15-12)16-8-4-10-19(17,18)11-9-16/h3,5-6H,2,4,7-11H2,1H3,(H,14,15). The van der Waals surface area contributed by atoms with E-state index in [4.69, 9.17) is 0 Å². The van der Waals surface area contributed by atoms with Gasteiger partial charge in [0, 0.05) is 19.6 Å². The molecule has 0 atom stereocenters. The summed E-state index contributed by atoms with van der Waals surface area (Å²) >= 11 is 0. The fourth-order valence-electron chi connectivity index (χ4n) is 2.12. The van der Waals surface area contributed by atoms with Crippen LogP contribution < -0.4 is 10.2 Å². The number of anilines is 2. The monoisotopic (exact) mass is 283 g/mol. The fraction of sp³-hybridized carbons (Fsp3) is 0.615. The van der Waals surface area contributed by atoms with E-state index in [1.807, 2.05) is 18.2 Å². The van der Waals surface area contributed by atoms with Crippen molar-refractivity contribution in [3.8, 4) is 0 Å². The minimum absolute atomic E-state index is 0.224. The molecule has 0 bridgehead atoms. The first-order chi connectivity index (χ1) is 9.11. The van der Waals surface area contributed by atoms with Crippen molar-refractivity contribution in [1.29, 1.82) is 0 Å². The smallest absolute Gasteiger partial charge is 0.152 e. The van der Waals surface area contributed by atoms with Crippen LogP contribution >= 0.6 is 0 Å². The van der Waals surface area contributed by atoms with Gasteiger partial charge in [0.05, 0.1) is 11.5 Å². The Hall–Kier alpha value is -1.30. The molecular formula is C13H21N3O2S. The Bertz CT molecular complexity index is 516. The molecule has 0 spiro atoms. The van der Waals surface area contributed by atoms with Gasteiger partial charge >= 0.3 is 0 Å². The number of hydrogen-bond acceptors (Lipinski definition) is 5. The Morgan fingerprint density at radius 1 is 1.32 bits per heavy atom. The van der Waals surface area contributed by atoms with Crippen LogP contribution in [0.1, 0.15) is 19.8 Å². The molecule has 1 aliphatic heterocycles. The molecule has 1 aromatic rings. The number of aromatic nitrogens is 1. The highest BCUT2D eigenvalue weighted by Gasteiger charge is 2.19. The van der Waals surface area contributed by atoms with Gasteiger partial charge < -0.3 is 10.2 Å². The minimum Gasteiger partial charge on any atom is -0.370 e. The Balaban J connectivity index is 2.08. The molecule has 0 saturated carbocycles. The molecule has 0 radical (unpaired) electrons. The summed E-state index contributed by atoms with van der Waals surface area (Å²) in [5.74, 6) is 2.23. The Labute approximate surface area is 114 Å². The summed E-state index contributed by atoms with van der Waals surface area (Å²) in [5, 5.41) is 3.25. The largest absolute Gasteiger partial charge is 0.370 e. The van der Waals surface area contributed by atoms with Crippen LogP contribution in [0.5, 0.6) is 0 Å². The third-order valence-electron chi connectivity index (χ3n) is 3.17. The van der Waals surface area contributed by atoms with Gasteiger partial charge in [-0.05, 0) is 25.0 Å². The maximum Gasteiger partial charge on any atom is 0.152 e. The first kappa shape index (κ1) is 14.1. The summed E-state index contributed by atoms with van der Waals surface area (Å²) in [4.78, 5) is 6.60. The molecule has 1 aliphatic rings. The van der Waals surface area contributed by atoms with E-state index < -0.39 is 9.84 Å².